The fourth-order valence-corrected chi connectivity index (χ4v) is 4.98. The summed E-state index contributed by atoms with van der Waals surface area (Å²) in [5.74, 6) is 1.43. The summed E-state index contributed by atoms with van der Waals surface area (Å²) in [6.45, 7) is 2.64. The van der Waals surface area contributed by atoms with Crippen LogP contribution in [0.1, 0.15) is 87.8 Å². The molecule has 1 aliphatic rings. The molecule has 1 N–H and O–H groups in total. The first-order valence-electron chi connectivity index (χ1n) is 12.5. The lowest BCUT2D eigenvalue weighted by atomic mass is 9.73. The van der Waals surface area contributed by atoms with Gasteiger partial charge in [-0.15, -0.1) is 0 Å². The summed E-state index contributed by atoms with van der Waals surface area (Å²) in [4.78, 5) is 6.87. The summed E-state index contributed by atoms with van der Waals surface area (Å²) < 4.78 is 11.3. The highest BCUT2D eigenvalue weighted by molar-refractivity contribution is 5.30. The minimum absolute atomic E-state index is 0.145. The first kappa shape index (κ1) is 24.9. The molecule has 1 aliphatic carbocycles. The van der Waals surface area contributed by atoms with Crippen molar-refractivity contribution in [2.75, 3.05) is 27.3 Å². The van der Waals surface area contributed by atoms with Crippen molar-refractivity contribution in [2.45, 2.75) is 82.8 Å². The normalized spacial score (nSPS) is 17.0. The lowest BCUT2D eigenvalue weighted by Crippen LogP contribution is -2.38. The fourth-order valence-electron chi connectivity index (χ4n) is 4.98. The number of aliphatic hydroxyl groups is 1. The molecule has 178 valence electrons. The Hall–Kier alpha value is -1.69. The Balaban J connectivity index is 1.54. The predicted molar refractivity (Wildman–Crippen MR) is 128 cm³/mol. The molecule has 5 heteroatoms. The third-order valence-corrected chi connectivity index (χ3v) is 6.85. The Morgan fingerprint density at radius 2 is 1.72 bits per heavy atom. The van der Waals surface area contributed by atoms with Crippen LogP contribution in [0.2, 0.25) is 0 Å². The standard InChI is InChI=1S/C27H42N2O3/c1-29(19-13-5-3-4-6-14-20-31-2)22-25-21-28-26(32-25)27(30,23-15-9-7-10-16-23)24-17-11-8-12-18-24/h7,9-10,15-16,21,24,30H,3-6,8,11-14,17-20,22H2,1-2H3/t27-/m0/s1. The van der Waals surface area contributed by atoms with Gasteiger partial charge in [0.25, 0.3) is 0 Å². The maximum atomic E-state index is 11.9. The zero-order valence-electron chi connectivity index (χ0n) is 20.1. The topological polar surface area (TPSA) is 58.7 Å². The molecule has 0 aliphatic heterocycles. The number of aromatic nitrogens is 1. The molecule has 0 unspecified atom stereocenters. The molecular weight excluding hydrogens is 400 g/mol. The van der Waals surface area contributed by atoms with Gasteiger partial charge in [0.05, 0.1) is 12.7 Å². The molecule has 0 spiro atoms. The van der Waals surface area contributed by atoms with Crippen LogP contribution in [0.5, 0.6) is 0 Å². The summed E-state index contributed by atoms with van der Waals surface area (Å²) >= 11 is 0. The first-order valence-corrected chi connectivity index (χ1v) is 12.5. The molecule has 1 saturated carbocycles. The molecule has 1 heterocycles. The van der Waals surface area contributed by atoms with Gasteiger partial charge in [-0.3, -0.25) is 4.90 Å². The molecule has 5 nitrogen and oxygen atoms in total. The smallest absolute Gasteiger partial charge is 0.231 e. The van der Waals surface area contributed by atoms with Crippen LogP contribution < -0.4 is 0 Å². The minimum atomic E-state index is -1.15. The van der Waals surface area contributed by atoms with Crippen LogP contribution in [-0.2, 0) is 16.9 Å². The van der Waals surface area contributed by atoms with E-state index in [0.29, 0.717) is 5.89 Å². The van der Waals surface area contributed by atoms with E-state index in [4.69, 9.17) is 9.15 Å². The van der Waals surface area contributed by atoms with E-state index in [0.717, 1.165) is 56.7 Å². The summed E-state index contributed by atoms with van der Waals surface area (Å²) in [5, 5.41) is 11.9. The number of benzene rings is 1. The third kappa shape index (κ3) is 6.90. The van der Waals surface area contributed by atoms with Gasteiger partial charge in [-0.1, -0.05) is 75.3 Å². The van der Waals surface area contributed by atoms with Crippen LogP contribution >= 0.6 is 0 Å². The Bertz CT molecular complexity index is 757. The van der Waals surface area contributed by atoms with Crippen molar-refractivity contribution in [2.24, 2.45) is 5.92 Å². The molecule has 0 saturated heterocycles. The highest BCUT2D eigenvalue weighted by Gasteiger charge is 2.44. The number of hydrogen-bond acceptors (Lipinski definition) is 5. The zero-order chi connectivity index (χ0) is 22.7. The molecule has 1 atom stereocenters. The number of unbranched alkanes of at least 4 members (excludes halogenated alkanes) is 5. The number of hydrogen-bond donors (Lipinski definition) is 1. The zero-order valence-corrected chi connectivity index (χ0v) is 20.1. The van der Waals surface area contributed by atoms with Crippen LogP contribution in [0.25, 0.3) is 0 Å². The second-order valence-corrected chi connectivity index (χ2v) is 9.45. The van der Waals surface area contributed by atoms with Gasteiger partial charge in [-0.25, -0.2) is 4.98 Å². The molecule has 1 aromatic carbocycles. The lowest BCUT2D eigenvalue weighted by Gasteiger charge is -2.36. The number of oxazole rings is 1. The van der Waals surface area contributed by atoms with E-state index < -0.39 is 5.60 Å². The molecule has 1 aromatic heterocycles. The highest BCUT2D eigenvalue weighted by atomic mass is 16.5. The lowest BCUT2D eigenvalue weighted by molar-refractivity contribution is -0.0242. The van der Waals surface area contributed by atoms with Crippen molar-refractivity contribution in [1.82, 2.24) is 9.88 Å². The number of ether oxygens (including phenoxy) is 1. The largest absolute Gasteiger partial charge is 0.441 e. The molecule has 2 aromatic rings. The molecule has 0 amide bonds. The van der Waals surface area contributed by atoms with Crippen molar-refractivity contribution in [3.8, 4) is 0 Å². The van der Waals surface area contributed by atoms with Crippen molar-refractivity contribution >= 4 is 0 Å². The predicted octanol–water partition coefficient (Wildman–Crippen LogP) is 5.91. The van der Waals surface area contributed by atoms with Gasteiger partial charge in [0.2, 0.25) is 5.89 Å². The first-order chi connectivity index (χ1) is 15.6. The quantitative estimate of drug-likeness (QED) is 0.369. The fraction of sp³-hybridized carbons (Fsp3) is 0.667. The molecular formula is C27H42N2O3. The van der Waals surface area contributed by atoms with Gasteiger partial charge >= 0.3 is 0 Å². The Morgan fingerprint density at radius 3 is 2.44 bits per heavy atom. The van der Waals surface area contributed by atoms with E-state index in [9.17, 15) is 5.11 Å². The number of nitrogens with zero attached hydrogens (tertiary/aromatic N) is 2. The minimum Gasteiger partial charge on any atom is -0.441 e. The molecule has 0 radical (unpaired) electrons. The van der Waals surface area contributed by atoms with Crippen LogP contribution in [0.4, 0.5) is 0 Å². The van der Waals surface area contributed by atoms with Crippen molar-refractivity contribution in [3.05, 3.63) is 53.7 Å². The average Bonchev–Trinajstić information content (AvgIpc) is 3.30. The Labute approximate surface area is 194 Å². The van der Waals surface area contributed by atoms with Gasteiger partial charge in [-0.2, -0.15) is 0 Å². The van der Waals surface area contributed by atoms with Crippen LogP contribution in [-0.4, -0.2) is 42.3 Å². The monoisotopic (exact) mass is 442 g/mol. The van der Waals surface area contributed by atoms with E-state index in [1.807, 2.05) is 30.3 Å². The van der Waals surface area contributed by atoms with E-state index in [1.165, 1.54) is 44.9 Å². The van der Waals surface area contributed by atoms with Gasteiger partial charge in [0.1, 0.15) is 5.76 Å². The average molecular weight is 443 g/mol. The van der Waals surface area contributed by atoms with E-state index >= 15 is 0 Å². The molecule has 1 fully saturated rings. The number of rotatable bonds is 14. The van der Waals surface area contributed by atoms with Gasteiger partial charge in [0, 0.05) is 19.6 Å². The highest BCUT2D eigenvalue weighted by Crippen LogP contribution is 2.43. The van der Waals surface area contributed by atoms with Crippen LogP contribution in [0, 0.1) is 5.92 Å². The SMILES string of the molecule is COCCCCCCCCN(C)Cc1cnc([C@](O)(c2ccccc2)C2CCCCC2)o1. The van der Waals surface area contributed by atoms with Gasteiger partial charge < -0.3 is 14.3 Å². The van der Waals surface area contributed by atoms with Crippen LogP contribution in [0.15, 0.2) is 40.9 Å². The summed E-state index contributed by atoms with van der Waals surface area (Å²) in [5.41, 5.74) is -0.263. The van der Waals surface area contributed by atoms with Crippen molar-refractivity contribution < 1.29 is 14.3 Å². The van der Waals surface area contributed by atoms with E-state index in [1.54, 1.807) is 13.3 Å². The summed E-state index contributed by atoms with van der Waals surface area (Å²) in [7, 11) is 3.90. The molecule has 3 rings (SSSR count). The Morgan fingerprint density at radius 1 is 1.03 bits per heavy atom. The Kier molecular flexibility index (Phi) is 10.2. The van der Waals surface area contributed by atoms with E-state index in [2.05, 4.69) is 16.9 Å². The van der Waals surface area contributed by atoms with Crippen molar-refractivity contribution in [1.29, 1.82) is 0 Å². The summed E-state index contributed by atoms with van der Waals surface area (Å²) in [6.07, 6.45) is 14.8. The molecule has 32 heavy (non-hydrogen) atoms. The maximum absolute atomic E-state index is 11.9. The van der Waals surface area contributed by atoms with Crippen molar-refractivity contribution in [3.63, 3.8) is 0 Å². The molecule has 0 bridgehead atoms. The third-order valence-electron chi connectivity index (χ3n) is 6.85. The van der Waals surface area contributed by atoms with E-state index in [-0.39, 0.29) is 5.92 Å². The second-order valence-electron chi connectivity index (χ2n) is 9.45. The summed E-state index contributed by atoms with van der Waals surface area (Å²) in [6, 6.07) is 9.96. The van der Waals surface area contributed by atoms with Crippen LogP contribution in [0.3, 0.4) is 0 Å². The second kappa shape index (κ2) is 13.1. The van der Waals surface area contributed by atoms with Gasteiger partial charge in [-0.05, 0) is 44.8 Å². The van der Waals surface area contributed by atoms with Gasteiger partial charge in [0.15, 0.2) is 5.60 Å². The maximum Gasteiger partial charge on any atom is 0.231 e. The number of methoxy groups -OCH3 is 1.